The molecule has 5 nitrogen and oxygen atoms in total. The highest BCUT2D eigenvalue weighted by molar-refractivity contribution is 6.05. The molecule has 0 spiro atoms. The third kappa shape index (κ3) is 2.87. The van der Waals surface area contributed by atoms with Gasteiger partial charge in [0.05, 0.1) is 17.9 Å². The van der Waals surface area contributed by atoms with Gasteiger partial charge in [0.1, 0.15) is 0 Å². The van der Waals surface area contributed by atoms with E-state index in [2.05, 4.69) is 0 Å². The van der Waals surface area contributed by atoms with Crippen LogP contribution in [0.5, 0.6) is 0 Å². The van der Waals surface area contributed by atoms with Crippen LogP contribution in [0.4, 0.5) is 0 Å². The van der Waals surface area contributed by atoms with E-state index in [4.69, 9.17) is 4.74 Å². The van der Waals surface area contributed by atoms with Crippen molar-refractivity contribution in [2.45, 2.75) is 6.92 Å². The molecule has 0 saturated heterocycles. The number of ether oxygens (including phenoxy) is 1. The number of nitrogens with zero attached hydrogens (tertiary/aromatic N) is 1. The second-order valence-corrected chi connectivity index (χ2v) is 6.30. The van der Waals surface area contributed by atoms with Gasteiger partial charge in [-0.2, -0.15) is 0 Å². The Balaban J connectivity index is 2.06. The van der Waals surface area contributed by atoms with Gasteiger partial charge in [-0.25, -0.2) is 9.36 Å². The van der Waals surface area contributed by atoms with E-state index in [0.29, 0.717) is 22.0 Å². The van der Waals surface area contributed by atoms with Gasteiger partial charge in [-0.1, -0.05) is 36.4 Å². The van der Waals surface area contributed by atoms with E-state index in [-0.39, 0.29) is 6.61 Å². The van der Waals surface area contributed by atoms with Crippen molar-refractivity contribution in [2.75, 3.05) is 6.61 Å². The highest BCUT2D eigenvalue weighted by atomic mass is 16.5. The van der Waals surface area contributed by atoms with Crippen LogP contribution in [-0.4, -0.2) is 17.1 Å². The van der Waals surface area contributed by atoms with Crippen LogP contribution in [0.15, 0.2) is 82.4 Å². The molecular formula is C23H17NO4. The Labute approximate surface area is 160 Å². The fraction of sp³-hybridized carbons (Fsp3) is 0.0870. The van der Waals surface area contributed by atoms with Crippen LogP contribution in [-0.2, 0) is 4.74 Å². The van der Waals surface area contributed by atoms with Crippen molar-refractivity contribution in [1.82, 2.24) is 4.57 Å². The van der Waals surface area contributed by atoms with Crippen molar-refractivity contribution in [3.05, 3.63) is 99.1 Å². The van der Waals surface area contributed by atoms with Crippen LogP contribution in [0, 0.1) is 0 Å². The molecule has 0 saturated carbocycles. The third-order valence-electron chi connectivity index (χ3n) is 4.65. The maximum absolute atomic E-state index is 13.3. The second kappa shape index (κ2) is 7.12. The number of fused-ring (bicyclic) bond motifs is 3. The van der Waals surface area contributed by atoms with Crippen molar-refractivity contribution in [3.63, 3.8) is 0 Å². The number of esters is 1. The molecule has 0 amide bonds. The minimum absolute atomic E-state index is 0.275. The first kappa shape index (κ1) is 17.7. The first-order valence-corrected chi connectivity index (χ1v) is 8.96. The predicted octanol–water partition coefficient (Wildman–Crippen LogP) is 3.68. The summed E-state index contributed by atoms with van der Waals surface area (Å²) in [6, 6.07) is 20.6. The lowest BCUT2D eigenvalue weighted by atomic mass is 10.1. The van der Waals surface area contributed by atoms with Crippen molar-refractivity contribution in [2.24, 2.45) is 0 Å². The number of rotatable bonds is 3. The lowest BCUT2D eigenvalue weighted by molar-refractivity contribution is 0.0526. The Morgan fingerprint density at radius 2 is 1.21 bits per heavy atom. The van der Waals surface area contributed by atoms with Gasteiger partial charge in [0.25, 0.3) is 11.1 Å². The van der Waals surface area contributed by atoms with Gasteiger partial charge in [-0.05, 0) is 54.1 Å². The standard InChI is InChI=1S/C23H17NO4/c1-2-28-23(27)15-11-13-16(14-12-15)24-21(25)19-9-5-3-7-17(19)18-8-4-6-10-20(18)22(24)26/h3-14H,2H2,1H3. The molecular weight excluding hydrogens is 354 g/mol. The lowest BCUT2D eigenvalue weighted by Crippen LogP contribution is -2.28. The highest BCUT2D eigenvalue weighted by Crippen LogP contribution is 2.20. The van der Waals surface area contributed by atoms with Crippen LogP contribution in [0.3, 0.4) is 0 Å². The molecule has 4 rings (SSSR count). The van der Waals surface area contributed by atoms with Crippen molar-refractivity contribution < 1.29 is 9.53 Å². The molecule has 1 aromatic heterocycles. The Hall–Kier alpha value is -3.73. The van der Waals surface area contributed by atoms with E-state index < -0.39 is 17.1 Å². The summed E-state index contributed by atoms with van der Waals surface area (Å²) in [6.07, 6.45) is 0. The summed E-state index contributed by atoms with van der Waals surface area (Å²) in [4.78, 5) is 38.4. The fourth-order valence-corrected chi connectivity index (χ4v) is 3.34. The molecule has 0 aliphatic carbocycles. The molecule has 0 aliphatic rings. The first-order valence-electron chi connectivity index (χ1n) is 8.96. The summed E-state index contributed by atoms with van der Waals surface area (Å²) in [5.74, 6) is -0.446. The number of carbonyl (C=O) groups is 1. The summed E-state index contributed by atoms with van der Waals surface area (Å²) >= 11 is 0. The van der Waals surface area contributed by atoms with E-state index in [1.807, 2.05) is 24.3 Å². The minimum Gasteiger partial charge on any atom is -0.462 e. The van der Waals surface area contributed by atoms with Gasteiger partial charge >= 0.3 is 5.97 Å². The monoisotopic (exact) mass is 371 g/mol. The quantitative estimate of drug-likeness (QED) is 0.515. The average Bonchev–Trinajstić information content (AvgIpc) is 2.82. The van der Waals surface area contributed by atoms with Gasteiger partial charge < -0.3 is 4.74 Å². The lowest BCUT2D eigenvalue weighted by Gasteiger charge is -2.05. The molecule has 5 heteroatoms. The first-order chi connectivity index (χ1) is 13.6. The Kier molecular flexibility index (Phi) is 4.49. The number of benzene rings is 3. The van der Waals surface area contributed by atoms with E-state index in [0.717, 1.165) is 15.3 Å². The molecule has 0 N–H and O–H groups in total. The Morgan fingerprint density at radius 3 is 1.68 bits per heavy atom. The number of aromatic nitrogens is 1. The number of hydrogen-bond acceptors (Lipinski definition) is 4. The summed E-state index contributed by atoms with van der Waals surface area (Å²) in [6.45, 7) is 2.01. The smallest absolute Gasteiger partial charge is 0.338 e. The normalized spacial score (nSPS) is 10.9. The van der Waals surface area contributed by atoms with Crippen LogP contribution in [0.25, 0.3) is 27.2 Å². The topological polar surface area (TPSA) is 65.4 Å². The second-order valence-electron chi connectivity index (χ2n) is 6.30. The van der Waals surface area contributed by atoms with E-state index in [1.54, 1.807) is 55.5 Å². The fourth-order valence-electron chi connectivity index (χ4n) is 3.34. The molecule has 138 valence electrons. The van der Waals surface area contributed by atoms with Crippen LogP contribution >= 0.6 is 0 Å². The summed E-state index contributed by atoms with van der Waals surface area (Å²) < 4.78 is 6.13. The molecule has 0 unspecified atom stereocenters. The Bertz CT molecular complexity index is 1250. The van der Waals surface area contributed by atoms with E-state index in [1.165, 1.54) is 0 Å². The number of carbonyl (C=O) groups excluding carboxylic acids is 1. The van der Waals surface area contributed by atoms with Crippen molar-refractivity contribution in [3.8, 4) is 5.69 Å². The van der Waals surface area contributed by atoms with E-state index in [9.17, 15) is 14.4 Å². The van der Waals surface area contributed by atoms with Gasteiger partial charge in [0.2, 0.25) is 0 Å². The van der Waals surface area contributed by atoms with Gasteiger partial charge in [-0.3, -0.25) is 9.59 Å². The molecule has 4 aromatic rings. The van der Waals surface area contributed by atoms with Crippen LogP contribution < -0.4 is 11.1 Å². The van der Waals surface area contributed by atoms with Gasteiger partial charge in [0.15, 0.2) is 0 Å². The van der Waals surface area contributed by atoms with Crippen molar-refractivity contribution in [1.29, 1.82) is 0 Å². The molecule has 3 aromatic carbocycles. The van der Waals surface area contributed by atoms with Crippen LogP contribution in [0.1, 0.15) is 17.3 Å². The highest BCUT2D eigenvalue weighted by Gasteiger charge is 2.13. The zero-order valence-electron chi connectivity index (χ0n) is 15.2. The van der Waals surface area contributed by atoms with Gasteiger partial charge in [-0.15, -0.1) is 0 Å². The molecule has 1 heterocycles. The maximum Gasteiger partial charge on any atom is 0.338 e. The minimum atomic E-state index is -0.446. The van der Waals surface area contributed by atoms with Crippen LogP contribution in [0.2, 0.25) is 0 Å². The van der Waals surface area contributed by atoms with Crippen molar-refractivity contribution >= 4 is 27.5 Å². The zero-order valence-corrected chi connectivity index (χ0v) is 15.2. The molecule has 0 aliphatic heterocycles. The van der Waals surface area contributed by atoms with E-state index >= 15 is 0 Å². The maximum atomic E-state index is 13.3. The SMILES string of the molecule is CCOC(=O)c1ccc(-n2c(=O)c3ccccc3c3ccccc3c2=O)cc1. The predicted molar refractivity (Wildman–Crippen MR) is 109 cm³/mol. The number of hydrogen-bond donors (Lipinski definition) is 0. The summed E-state index contributed by atoms with van der Waals surface area (Å²) in [5.41, 5.74) is -0.0444. The zero-order chi connectivity index (χ0) is 19.7. The molecule has 28 heavy (non-hydrogen) atoms. The molecule has 0 bridgehead atoms. The average molecular weight is 371 g/mol. The molecule has 0 fully saturated rings. The molecule has 0 atom stereocenters. The van der Waals surface area contributed by atoms with Gasteiger partial charge in [0, 0.05) is 10.8 Å². The summed E-state index contributed by atoms with van der Waals surface area (Å²) in [7, 11) is 0. The summed E-state index contributed by atoms with van der Waals surface area (Å²) in [5, 5.41) is 2.36. The largest absolute Gasteiger partial charge is 0.462 e. The molecule has 0 radical (unpaired) electrons. The third-order valence-corrected chi connectivity index (χ3v) is 4.65. The Morgan fingerprint density at radius 1 is 0.750 bits per heavy atom.